The molecule has 18 heteroatoms. The van der Waals surface area contributed by atoms with Gasteiger partial charge in [-0.2, -0.15) is 0 Å². The summed E-state index contributed by atoms with van der Waals surface area (Å²) in [6.45, 7) is 22.2. The molecule has 18 nitrogen and oxygen atoms in total. The highest BCUT2D eigenvalue weighted by Crippen LogP contribution is 2.71. The van der Waals surface area contributed by atoms with E-state index in [0.29, 0.717) is 51.4 Å². The van der Waals surface area contributed by atoms with Crippen LogP contribution in [0.4, 0.5) is 0 Å². The molecule has 8 aliphatic carbocycles. The molecular formula is C65H98O18. The van der Waals surface area contributed by atoms with Gasteiger partial charge in [0.2, 0.25) is 0 Å². The summed E-state index contributed by atoms with van der Waals surface area (Å²) in [5, 5.41) is 10.4. The SMILES string of the molecule is CC(=O)O[C@@H]1CC[C@@]2(C)[C@@H](C1)C[C@@H](OC(C)=O)[C@@H]1[C@@H]2C[C@H](OC(C)=O)[C@]2(C)[C@@H]([C@H](C)CCC(=O)OCC(C)(COC(=O)CC[C@@H](C)[C@H]3CC[C@H]4[C@@H]5[C@H](OC(C)=O)C[C@@H]6C[C@H](OC(C)=O)CC[C@]6(C)[C@H]5C[C@H](OC(C)=O)[C@]34C)C(=O)O)CC[C@@H]12. The maximum absolute atomic E-state index is 13.6. The summed E-state index contributed by atoms with van der Waals surface area (Å²) in [5.41, 5.74) is -3.03. The van der Waals surface area contributed by atoms with E-state index in [9.17, 15) is 48.3 Å². The molecule has 8 rings (SSSR count). The fourth-order valence-corrected chi connectivity index (χ4v) is 20.1. The van der Waals surface area contributed by atoms with E-state index < -0.39 is 59.6 Å². The van der Waals surface area contributed by atoms with Crippen molar-refractivity contribution in [2.75, 3.05) is 13.2 Å². The molecule has 1 N–H and O–H groups in total. The molecular weight excluding hydrogens is 1070 g/mol. The van der Waals surface area contributed by atoms with Crippen LogP contribution in [0.1, 0.15) is 206 Å². The fourth-order valence-electron chi connectivity index (χ4n) is 20.1. The summed E-state index contributed by atoms with van der Waals surface area (Å²) in [5.74, 6) is -3.81. The minimum Gasteiger partial charge on any atom is -0.481 e. The van der Waals surface area contributed by atoms with Crippen molar-refractivity contribution in [1.82, 2.24) is 0 Å². The molecule has 22 atom stereocenters. The number of carbonyl (C=O) groups excluding carboxylic acids is 8. The number of fused-ring (bicyclic) bond motifs is 10. The van der Waals surface area contributed by atoms with Gasteiger partial charge >= 0.3 is 53.7 Å². The molecule has 8 fully saturated rings. The molecule has 0 bridgehead atoms. The average molecular weight is 1170 g/mol. The van der Waals surface area contributed by atoms with Crippen LogP contribution < -0.4 is 0 Å². The quantitative estimate of drug-likeness (QED) is 0.0933. The Morgan fingerprint density at radius 2 is 0.819 bits per heavy atom. The number of ether oxygens (including phenoxy) is 8. The summed E-state index contributed by atoms with van der Waals surface area (Å²) in [7, 11) is 0. The van der Waals surface area contributed by atoms with Crippen LogP contribution in [-0.2, 0) is 81.0 Å². The van der Waals surface area contributed by atoms with E-state index >= 15 is 0 Å². The van der Waals surface area contributed by atoms with Crippen LogP contribution in [0.3, 0.4) is 0 Å². The Kier molecular flexibility index (Phi) is 19.3. The van der Waals surface area contributed by atoms with E-state index in [1.54, 1.807) is 0 Å². The van der Waals surface area contributed by atoms with Gasteiger partial charge in [-0.15, -0.1) is 0 Å². The van der Waals surface area contributed by atoms with Crippen molar-refractivity contribution in [2.24, 2.45) is 98.1 Å². The second kappa shape index (κ2) is 24.9. The van der Waals surface area contributed by atoms with Crippen molar-refractivity contribution >= 4 is 53.7 Å². The molecule has 8 aliphatic rings. The summed E-state index contributed by atoms with van der Waals surface area (Å²) >= 11 is 0. The molecule has 466 valence electrons. The van der Waals surface area contributed by atoms with Gasteiger partial charge in [0.1, 0.15) is 55.3 Å². The lowest BCUT2D eigenvalue weighted by Crippen LogP contribution is -2.63. The molecule has 0 radical (unpaired) electrons. The van der Waals surface area contributed by atoms with Crippen LogP contribution in [0.15, 0.2) is 0 Å². The Hall–Kier alpha value is -4.77. The van der Waals surface area contributed by atoms with Gasteiger partial charge in [-0.3, -0.25) is 43.2 Å². The number of hydrogen-bond acceptors (Lipinski definition) is 17. The van der Waals surface area contributed by atoms with Gasteiger partial charge in [-0.05, 0) is 180 Å². The first kappa shape index (κ1) is 64.2. The molecule has 0 spiro atoms. The molecule has 0 aromatic rings. The molecule has 83 heavy (non-hydrogen) atoms. The topological polar surface area (TPSA) is 248 Å². The van der Waals surface area contributed by atoms with Crippen LogP contribution in [0.5, 0.6) is 0 Å². The third-order valence-corrected chi connectivity index (χ3v) is 24.0. The number of aliphatic carboxylic acids is 1. The van der Waals surface area contributed by atoms with E-state index in [1.165, 1.54) is 48.5 Å². The van der Waals surface area contributed by atoms with Crippen LogP contribution in [0, 0.1) is 98.1 Å². The minimum absolute atomic E-state index is 0.0123. The smallest absolute Gasteiger partial charge is 0.316 e. The fraction of sp³-hybridized carbons (Fsp3) is 0.862. The number of rotatable bonds is 19. The second-order valence-electron chi connectivity index (χ2n) is 28.8. The first-order valence-corrected chi connectivity index (χ1v) is 31.4. The lowest BCUT2D eigenvalue weighted by Gasteiger charge is -2.64. The van der Waals surface area contributed by atoms with E-state index in [1.807, 2.05) is 0 Å². The Morgan fingerprint density at radius 1 is 0.470 bits per heavy atom. The summed E-state index contributed by atoms with van der Waals surface area (Å²) in [6, 6.07) is 0. The normalized spacial score (nSPS) is 40.9. The first-order chi connectivity index (χ1) is 38.8. The lowest BCUT2D eigenvalue weighted by atomic mass is 9.43. The van der Waals surface area contributed by atoms with Crippen molar-refractivity contribution in [3.63, 3.8) is 0 Å². The Balaban J connectivity index is 0.868. The van der Waals surface area contributed by atoms with Gasteiger partial charge in [0.05, 0.1) is 0 Å². The first-order valence-electron chi connectivity index (χ1n) is 31.4. The van der Waals surface area contributed by atoms with E-state index in [0.717, 1.165) is 51.4 Å². The van der Waals surface area contributed by atoms with Gasteiger partial charge in [-0.25, -0.2) is 0 Å². The van der Waals surface area contributed by atoms with Crippen molar-refractivity contribution in [3.8, 4) is 0 Å². The number of esters is 8. The van der Waals surface area contributed by atoms with Crippen molar-refractivity contribution < 1.29 is 86.2 Å². The van der Waals surface area contributed by atoms with Crippen LogP contribution in [-0.4, -0.2) is 109 Å². The highest BCUT2D eigenvalue weighted by Gasteiger charge is 2.70. The Labute approximate surface area is 491 Å². The largest absolute Gasteiger partial charge is 0.481 e. The van der Waals surface area contributed by atoms with Crippen LogP contribution >= 0.6 is 0 Å². The highest BCUT2D eigenvalue weighted by atomic mass is 16.6. The summed E-state index contributed by atoms with van der Waals surface area (Å²) < 4.78 is 47.9. The maximum Gasteiger partial charge on any atom is 0.316 e. The van der Waals surface area contributed by atoms with Crippen LogP contribution in [0.25, 0.3) is 0 Å². The third-order valence-electron chi connectivity index (χ3n) is 24.0. The number of hydrogen-bond donors (Lipinski definition) is 1. The number of carboxylic acid groups (broad SMARTS) is 1. The van der Waals surface area contributed by atoms with Crippen molar-refractivity contribution in [1.29, 1.82) is 0 Å². The third kappa shape index (κ3) is 12.7. The predicted molar refractivity (Wildman–Crippen MR) is 300 cm³/mol. The Morgan fingerprint density at radius 3 is 1.14 bits per heavy atom. The van der Waals surface area contributed by atoms with Gasteiger partial charge in [0, 0.05) is 77.0 Å². The number of carbonyl (C=O) groups is 9. The zero-order chi connectivity index (χ0) is 60.9. The monoisotopic (exact) mass is 1170 g/mol. The summed E-state index contributed by atoms with van der Waals surface area (Å²) in [4.78, 5) is 115. The lowest BCUT2D eigenvalue weighted by molar-refractivity contribution is -0.225. The van der Waals surface area contributed by atoms with Gasteiger partial charge in [-0.1, -0.05) is 41.5 Å². The van der Waals surface area contributed by atoms with Gasteiger partial charge in [0.25, 0.3) is 0 Å². The number of carboxylic acids is 1. The van der Waals surface area contributed by atoms with E-state index in [-0.39, 0.29) is 155 Å². The zero-order valence-corrected chi connectivity index (χ0v) is 51.9. The van der Waals surface area contributed by atoms with E-state index in [4.69, 9.17) is 37.9 Å². The molecule has 0 unspecified atom stereocenters. The van der Waals surface area contributed by atoms with Crippen molar-refractivity contribution in [2.45, 2.75) is 242 Å². The summed E-state index contributed by atoms with van der Waals surface area (Å²) in [6.07, 6.45) is 9.29. The molecule has 0 amide bonds. The molecule has 0 aromatic heterocycles. The molecule has 0 heterocycles. The van der Waals surface area contributed by atoms with Gasteiger partial charge in [0.15, 0.2) is 0 Å². The zero-order valence-electron chi connectivity index (χ0n) is 51.9. The molecule has 0 aromatic carbocycles. The molecule has 0 saturated heterocycles. The standard InChI is InChI=1S/C65H98O18/c1-34(46-16-18-48-58-50(30-54(64(46,48)12)82-40(7)70)62(10)24-22-44(78-36(3)66)26-42(62)28-52(58)80-38(5)68)14-20-56(72)76-32-61(9,60(74)75)33-77-57(73)21-15-35(2)47-17-19-49-59-51(31-55(65(47,49)13)83-41(8)71)63(11)25-23-45(79-37(4)67)27-43(63)29-53(59)81-39(6)69/h34-35,42-55,58-59H,14-33H2,1-13H3,(H,74,75)/t34-,35-,42+,43+,44-,45-,46-,47-,48+,49+,50+,51+,52-,53-,54+,55+,58+,59+,62+,63+,64-,65-/m1/s1. The second-order valence-corrected chi connectivity index (χ2v) is 28.8. The van der Waals surface area contributed by atoms with Crippen molar-refractivity contribution in [3.05, 3.63) is 0 Å². The van der Waals surface area contributed by atoms with E-state index in [2.05, 4.69) is 41.5 Å². The average Bonchev–Trinajstić information content (AvgIpc) is 1.77. The minimum atomic E-state index is -1.73. The molecule has 0 aliphatic heterocycles. The molecule has 8 saturated carbocycles. The highest BCUT2D eigenvalue weighted by molar-refractivity contribution is 5.77. The van der Waals surface area contributed by atoms with Gasteiger partial charge < -0.3 is 43.0 Å². The maximum atomic E-state index is 13.6. The van der Waals surface area contributed by atoms with Crippen LogP contribution in [0.2, 0.25) is 0 Å². The Bertz CT molecular complexity index is 2320. The predicted octanol–water partition coefficient (Wildman–Crippen LogP) is 10.3.